The van der Waals surface area contributed by atoms with Gasteiger partial charge in [0.25, 0.3) is 5.91 Å². The SMILES string of the molecule is COC(C)(C)C(=O)N1CCc2cccc(N)c2C1. The van der Waals surface area contributed by atoms with Gasteiger partial charge in [0.1, 0.15) is 5.60 Å². The number of carbonyl (C=O) groups is 1. The van der Waals surface area contributed by atoms with E-state index in [4.69, 9.17) is 10.5 Å². The van der Waals surface area contributed by atoms with Crippen molar-refractivity contribution in [2.24, 2.45) is 0 Å². The van der Waals surface area contributed by atoms with E-state index >= 15 is 0 Å². The lowest BCUT2D eigenvalue weighted by atomic mass is 9.96. The largest absolute Gasteiger partial charge is 0.398 e. The number of nitrogens with zero attached hydrogens (tertiary/aromatic N) is 1. The normalized spacial score (nSPS) is 15.4. The summed E-state index contributed by atoms with van der Waals surface area (Å²) in [4.78, 5) is 14.2. The highest BCUT2D eigenvalue weighted by Gasteiger charge is 2.33. The number of nitrogen functional groups attached to an aromatic ring is 1. The fourth-order valence-corrected chi connectivity index (χ4v) is 2.25. The molecule has 0 spiro atoms. The minimum Gasteiger partial charge on any atom is -0.398 e. The highest BCUT2D eigenvalue weighted by Crippen LogP contribution is 2.26. The third-order valence-corrected chi connectivity index (χ3v) is 3.62. The fourth-order valence-electron chi connectivity index (χ4n) is 2.25. The first-order valence-corrected chi connectivity index (χ1v) is 6.16. The van der Waals surface area contributed by atoms with Crippen molar-refractivity contribution >= 4 is 11.6 Å². The van der Waals surface area contributed by atoms with Gasteiger partial charge in [-0.3, -0.25) is 4.79 Å². The molecule has 0 bridgehead atoms. The molecule has 1 heterocycles. The number of rotatable bonds is 2. The van der Waals surface area contributed by atoms with Gasteiger partial charge in [0.2, 0.25) is 0 Å². The van der Waals surface area contributed by atoms with Gasteiger partial charge in [0, 0.05) is 25.9 Å². The zero-order valence-electron chi connectivity index (χ0n) is 11.2. The number of hydrogen-bond acceptors (Lipinski definition) is 3. The number of fused-ring (bicyclic) bond motifs is 1. The molecule has 1 aromatic carbocycles. The Balaban J connectivity index is 2.22. The monoisotopic (exact) mass is 248 g/mol. The minimum absolute atomic E-state index is 0.0129. The number of methoxy groups -OCH3 is 1. The Morgan fingerprint density at radius 1 is 1.44 bits per heavy atom. The summed E-state index contributed by atoms with van der Waals surface area (Å²) in [5.41, 5.74) is 8.28. The van der Waals surface area contributed by atoms with Crippen molar-refractivity contribution in [3.8, 4) is 0 Å². The molecule has 0 saturated carbocycles. The molecule has 0 atom stereocenters. The van der Waals surface area contributed by atoms with Gasteiger partial charge in [-0.05, 0) is 37.5 Å². The van der Waals surface area contributed by atoms with Gasteiger partial charge in [-0.25, -0.2) is 0 Å². The molecule has 0 unspecified atom stereocenters. The third-order valence-electron chi connectivity index (χ3n) is 3.62. The van der Waals surface area contributed by atoms with E-state index in [-0.39, 0.29) is 5.91 Å². The smallest absolute Gasteiger partial charge is 0.254 e. The average Bonchev–Trinajstić information content (AvgIpc) is 2.38. The number of carbonyl (C=O) groups excluding carboxylic acids is 1. The number of anilines is 1. The molecule has 0 fully saturated rings. The van der Waals surface area contributed by atoms with Crippen LogP contribution >= 0.6 is 0 Å². The molecule has 1 aliphatic heterocycles. The summed E-state index contributed by atoms with van der Waals surface area (Å²) in [7, 11) is 1.56. The maximum Gasteiger partial charge on any atom is 0.254 e. The molecule has 18 heavy (non-hydrogen) atoms. The van der Waals surface area contributed by atoms with Crippen LogP contribution in [0.4, 0.5) is 5.69 Å². The summed E-state index contributed by atoms with van der Waals surface area (Å²) >= 11 is 0. The van der Waals surface area contributed by atoms with Crippen LogP contribution in [0.5, 0.6) is 0 Å². The maximum absolute atomic E-state index is 12.3. The molecule has 0 aliphatic carbocycles. The second-order valence-corrected chi connectivity index (χ2v) is 5.18. The first-order chi connectivity index (χ1) is 8.45. The van der Waals surface area contributed by atoms with E-state index in [1.807, 2.05) is 17.0 Å². The highest BCUT2D eigenvalue weighted by atomic mass is 16.5. The zero-order valence-corrected chi connectivity index (χ0v) is 11.2. The molecule has 1 aromatic rings. The topological polar surface area (TPSA) is 55.6 Å². The van der Waals surface area contributed by atoms with E-state index in [2.05, 4.69) is 6.07 Å². The van der Waals surface area contributed by atoms with Gasteiger partial charge in [-0.1, -0.05) is 12.1 Å². The van der Waals surface area contributed by atoms with E-state index in [0.29, 0.717) is 6.54 Å². The van der Waals surface area contributed by atoms with Crippen molar-refractivity contribution < 1.29 is 9.53 Å². The van der Waals surface area contributed by atoms with Crippen molar-refractivity contribution in [1.29, 1.82) is 0 Å². The molecule has 2 rings (SSSR count). The Labute approximate surface area is 108 Å². The first kappa shape index (κ1) is 12.9. The first-order valence-electron chi connectivity index (χ1n) is 6.16. The average molecular weight is 248 g/mol. The molecular formula is C14H20N2O2. The van der Waals surface area contributed by atoms with E-state index in [1.54, 1.807) is 21.0 Å². The molecule has 1 amide bonds. The highest BCUT2D eigenvalue weighted by molar-refractivity contribution is 5.84. The van der Waals surface area contributed by atoms with Crippen molar-refractivity contribution in [2.75, 3.05) is 19.4 Å². The van der Waals surface area contributed by atoms with Gasteiger partial charge in [-0.15, -0.1) is 0 Å². The van der Waals surface area contributed by atoms with Gasteiger partial charge in [-0.2, -0.15) is 0 Å². The van der Waals surface area contributed by atoms with Crippen LogP contribution in [0.1, 0.15) is 25.0 Å². The zero-order chi connectivity index (χ0) is 13.3. The Morgan fingerprint density at radius 3 is 2.83 bits per heavy atom. The summed E-state index contributed by atoms with van der Waals surface area (Å²) in [5, 5.41) is 0. The summed E-state index contributed by atoms with van der Waals surface area (Å²) in [6.45, 7) is 4.88. The number of nitrogens with two attached hydrogens (primary N) is 1. The van der Waals surface area contributed by atoms with Crippen LogP contribution in [0.2, 0.25) is 0 Å². The van der Waals surface area contributed by atoms with E-state index in [0.717, 1.165) is 24.2 Å². The minimum atomic E-state index is -0.777. The number of amides is 1. The molecule has 4 nitrogen and oxygen atoms in total. The van der Waals surface area contributed by atoms with Crippen molar-refractivity contribution in [1.82, 2.24) is 4.90 Å². The molecular weight excluding hydrogens is 228 g/mol. The molecule has 1 aliphatic rings. The summed E-state index contributed by atoms with van der Waals surface area (Å²) in [6, 6.07) is 5.92. The Morgan fingerprint density at radius 2 is 2.17 bits per heavy atom. The van der Waals surface area contributed by atoms with Crippen LogP contribution in [-0.2, 0) is 22.5 Å². The Kier molecular flexibility index (Phi) is 3.30. The number of hydrogen-bond donors (Lipinski definition) is 1. The molecule has 98 valence electrons. The molecule has 0 saturated heterocycles. The molecule has 0 radical (unpaired) electrons. The van der Waals surface area contributed by atoms with Gasteiger partial charge in [0.15, 0.2) is 0 Å². The second kappa shape index (κ2) is 4.61. The summed E-state index contributed by atoms with van der Waals surface area (Å²) in [6.07, 6.45) is 0.853. The Bertz CT molecular complexity index is 469. The number of ether oxygens (including phenoxy) is 1. The van der Waals surface area contributed by atoms with Crippen LogP contribution in [0.15, 0.2) is 18.2 Å². The predicted molar refractivity (Wildman–Crippen MR) is 71.1 cm³/mol. The van der Waals surface area contributed by atoms with Crippen LogP contribution in [0.25, 0.3) is 0 Å². The van der Waals surface area contributed by atoms with Crippen molar-refractivity contribution in [3.05, 3.63) is 29.3 Å². The van der Waals surface area contributed by atoms with Crippen molar-refractivity contribution in [3.63, 3.8) is 0 Å². The van der Waals surface area contributed by atoms with E-state index in [1.165, 1.54) is 5.56 Å². The lowest BCUT2D eigenvalue weighted by Crippen LogP contribution is -2.48. The van der Waals surface area contributed by atoms with Gasteiger partial charge < -0.3 is 15.4 Å². The predicted octanol–water partition coefficient (Wildman–Crippen LogP) is 1.58. The van der Waals surface area contributed by atoms with E-state index in [9.17, 15) is 4.79 Å². The fraction of sp³-hybridized carbons (Fsp3) is 0.500. The van der Waals surface area contributed by atoms with Crippen LogP contribution < -0.4 is 5.73 Å². The summed E-state index contributed by atoms with van der Waals surface area (Å²) < 4.78 is 5.25. The quantitative estimate of drug-likeness (QED) is 0.808. The summed E-state index contributed by atoms with van der Waals surface area (Å²) in [5.74, 6) is 0.0129. The lowest BCUT2D eigenvalue weighted by Gasteiger charge is -2.34. The molecule has 2 N–H and O–H groups in total. The van der Waals surface area contributed by atoms with Crippen LogP contribution in [-0.4, -0.2) is 30.1 Å². The Hall–Kier alpha value is -1.55. The standard InChI is InChI=1S/C14H20N2O2/c1-14(2,18-3)13(17)16-8-7-10-5-4-6-12(15)11(10)9-16/h4-6H,7-9,15H2,1-3H3. The number of benzene rings is 1. The maximum atomic E-state index is 12.3. The van der Waals surface area contributed by atoms with Crippen LogP contribution in [0.3, 0.4) is 0 Å². The van der Waals surface area contributed by atoms with Crippen molar-refractivity contribution in [2.45, 2.75) is 32.4 Å². The second-order valence-electron chi connectivity index (χ2n) is 5.18. The molecule has 4 heteroatoms. The van der Waals surface area contributed by atoms with Gasteiger partial charge in [0.05, 0.1) is 0 Å². The van der Waals surface area contributed by atoms with E-state index < -0.39 is 5.60 Å². The van der Waals surface area contributed by atoms with Crippen LogP contribution in [0, 0.1) is 0 Å². The van der Waals surface area contributed by atoms with Gasteiger partial charge >= 0.3 is 0 Å². The molecule has 0 aromatic heterocycles. The third kappa shape index (κ3) is 2.20. The lowest BCUT2D eigenvalue weighted by molar-refractivity contribution is -0.152.